The van der Waals surface area contributed by atoms with Crippen molar-refractivity contribution in [2.24, 2.45) is 0 Å². The topological polar surface area (TPSA) is 44.8 Å². The first-order chi connectivity index (χ1) is 6.27. The van der Waals surface area contributed by atoms with E-state index in [-0.39, 0.29) is 19.2 Å². The second-order valence-corrected chi connectivity index (χ2v) is 2.25. The van der Waals surface area contributed by atoms with Gasteiger partial charge in [-0.3, -0.25) is 4.79 Å². The zero-order valence-corrected chi connectivity index (χ0v) is 7.75. The van der Waals surface area contributed by atoms with Crippen molar-refractivity contribution in [3.8, 4) is 0 Å². The molecule has 0 aliphatic rings. The number of rotatable bonds is 8. The summed E-state index contributed by atoms with van der Waals surface area (Å²) in [6, 6.07) is 0. The Morgan fingerprint density at radius 1 is 1.08 bits per heavy atom. The highest BCUT2D eigenvalue weighted by molar-refractivity contribution is 5.65. The van der Waals surface area contributed by atoms with Crippen LogP contribution in [0, 0.1) is 0 Å². The molecule has 0 fully saturated rings. The fraction of sp³-hybridized carbons (Fsp3) is 0.875. The number of ether oxygens (including phenoxy) is 3. The Labute approximate surface area is 77.0 Å². The average Bonchev–Trinajstić information content (AvgIpc) is 2.09. The van der Waals surface area contributed by atoms with Gasteiger partial charge in [0.25, 0.3) is 0 Å². The molecule has 0 atom stereocenters. The van der Waals surface area contributed by atoms with Crippen molar-refractivity contribution in [1.29, 1.82) is 0 Å². The molecule has 0 bridgehead atoms. The minimum atomic E-state index is -0.479. The number of esters is 1. The Balaban J connectivity index is 2.87. The van der Waals surface area contributed by atoms with Crippen LogP contribution in [-0.4, -0.2) is 45.7 Å². The molecule has 0 spiro atoms. The molecule has 0 rings (SSSR count). The SMILES string of the molecule is CC(=O)OCCOCCOCCF. The van der Waals surface area contributed by atoms with Gasteiger partial charge in [-0.25, -0.2) is 4.39 Å². The fourth-order valence-corrected chi connectivity index (χ4v) is 0.621. The van der Waals surface area contributed by atoms with Gasteiger partial charge in [0.2, 0.25) is 0 Å². The third kappa shape index (κ3) is 11.3. The van der Waals surface area contributed by atoms with E-state index in [0.717, 1.165) is 0 Å². The number of halogens is 1. The lowest BCUT2D eigenvalue weighted by molar-refractivity contribution is -0.142. The minimum absolute atomic E-state index is 0.104. The minimum Gasteiger partial charge on any atom is -0.463 e. The molecule has 0 saturated heterocycles. The van der Waals surface area contributed by atoms with E-state index in [4.69, 9.17) is 9.47 Å². The summed E-state index contributed by atoms with van der Waals surface area (Å²) in [5.74, 6) is -0.322. The Morgan fingerprint density at radius 2 is 1.62 bits per heavy atom. The second kappa shape index (κ2) is 9.41. The molecule has 0 aromatic carbocycles. The molecule has 0 aliphatic heterocycles. The lowest BCUT2D eigenvalue weighted by Crippen LogP contribution is -2.11. The van der Waals surface area contributed by atoms with Crippen molar-refractivity contribution in [2.45, 2.75) is 6.92 Å². The van der Waals surface area contributed by atoms with Crippen LogP contribution in [0.25, 0.3) is 0 Å². The molecule has 78 valence electrons. The predicted octanol–water partition coefficient (Wildman–Crippen LogP) is 0.552. The quantitative estimate of drug-likeness (QED) is 0.418. The Morgan fingerprint density at radius 3 is 2.15 bits per heavy atom. The van der Waals surface area contributed by atoms with Crippen molar-refractivity contribution in [2.75, 3.05) is 39.7 Å². The fourth-order valence-electron chi connectivity index (χ4n) is 0.621. The summed E-state index contributed by atoms with van der Waals surface area (Å²) in [5.41, 5.74) is 0. The molecule has 5 heteroatoms. The van der Waals surface area contributed by atoms with Crippen LogP contribution in [0.4, 0.5) is 4.39 Å². The molecule has 4 nitrogen and oxygen atoms in total. The molecule has 13 heavy (non-hydrogen) atoms. The van der Waals surface area contributed by atoms with Gasteiger partial charge < -0.3 is 14.2 Å². The molecule has 0 aromatic heterocycles. The molecule has 0 aromatic rings. The van der Waals surface area contributed by atoms with E-state index < -0.39 is 6.67 Å². The first kappa shape index (κ1) is 12.3. The zero-order chi connectivity index (χ0) is 9.94. The van der Waals surface area contributed by atoms with E-state index in [1.165, 1.54) is 6.92 Å². The van der Waals surface area contributed by atoms with Gasteiger partial charge >= 0.3 is 5.97 Å². The molecule has 0 unspecified atom stereocenters. The van der Waals surface area contributed by atoms with Gasteiger partial charge in [-0.15, -0.1) is 0 Å². The molecule has 0 aliphatic carbocycles. The Kier molecular flexibility index (Phi) is 8.92. The largest absolute Gasteiger partial charge is 0.463 e. The van der Waals surface area contributed by atoms with Crippen LogP contribution in [0.5, 0.6) is 0 Å². The summed E-state index contributed by atoms with van der Waals surface area (Å²) in [6.07, 6.45) is 0. The van der Waals surface area contributed by atoms with Gasteiger partial charge in [-0.2, -0.15) is 0 Å². The van der Waals surface area contributed by atoms with E-state index in [0.29, 0.717) is 19.8 Å². The van der Waals surface area contributed by atoms with Crippen molar-refractivity contribution in [3.63, 3.8) is 0 Å². The maximum Gasteiger partial charge on any atom is 0.302 e. The molecule has 0 saturated carbocycles. The van der Waals surface area contributed by atoms with Gasteiger partial charge in [0.15, 0.2) is 0 Å². The highest BCUT2D eigenvalue weighted by atomic mass is 19.1. The van der Waals surface area contributed by atoms with Gasteiger partial charge in [0.1, 0.15) is 13.3 Å². The summed E-state index contributed by atoms with van der Waals surface area (Å²) in [4.78, 5) is 10.3. The van der Waals surface area contributed by atoms with Crippen LogP contribution < -0.4 is 0 Å². The Hall–Kier alpha value is -0.680. The molecule has 0 N–H and O–H groups in total. The van der Waals surface area contributed by atoms with E-state index >= 15 is 0 Å². The standard InChI is InChI=1S/C8H15FO4/c1-8(10)13-7-6-12-5-4-11-3-2-9/h2-7H2,1H3. The van der Waals surface area contributed by atoms with Crippen LogP contribution >= 0.6 is 0 Å². The zero-order valence-electron chi connectivity index (χ0n) is 7.75. The van der Waals surface area contributed by atoms with Gasteiger partial charge in [0, 0.05) is 6.92 Å². The first-order valence-corrected chi connectivity index (χ1v) is 4.12. The highest BCUT2D eigenvalue weighted by Gasteiger charge is 1.92. The number of alkyl halides is 1. The lowest BCUT2D eigenvalue weighted by Gasteiger charge is -2.04. The maximum atomic E-state index is 11.5. The molecule has 0 heterocycles. The van der Waals surface area contributed by atoms with Gasteiger partial charge in [-0.1, -0.05) is 0 Å². The Bertz CT molecular complexity index is 129. The predicted molar refractivity (Wildman–Crippen MR) is 44.2 cm³/mol. The monoisotopic (exact) mass is 194 g/mol. The lowest BCUT2D eigenvalue weighted by atomic mass is 10.7. The van der Waals surface area contributed by atoms with Crippen LogP contribution in [0.3, 0.4) is 0 Å². The third-order valence-electron chi connectivity index (χ3n) is 1.13. The summed E-state index contributed by atoms with van der Waals surface area (Å²) in [7, 11) is 0. The van der Waals surface area contributed by atoms with E-state index in [2.05, 4.69) is 4.74 Å². The van der Waals surface area contributed by atoms with E-state index in [9.17, 15) is 9.18 Å². The van der Waals surface area contributed by atoms with Gasteiger partial charge in [0.05, 0.1) is 26.4 Å². The second-order valence-electron chi connectivity index (χ2n) is 2.25. The van der Waals surface area contributed by atoms with Gasteiger partial charge in [-0.05, 0) is 0 Å². The van der Waals surface area contributed by atoms with Crippen molar-refractivity contribution in [3.05, 3.63) is 0 Å². The van der Waals surface area contributed by atoms with Crippen molar-refractivity contribution < 1.29 is 23.4 Å². The van der Waals surface area contributed by atoms with E-state index in [1.807, 2.05) is 0 Å². The summed E-state index contributed by atoms with van der Waals surface area (Å²) < 4.78 is 25.9. The van der Waals surface area contributed by atoms with Crippen LogP contribution in [0.1, 0.15) is 6.92 Å². The van der Waals surface area contributed by atoms with Crippen LogP contribution in [0.2, 0.25) is 0 Å². The molecular weight excluding hydrogens is 179 g/mol. The van der Waals surface area contributed by atoms with Crippen LogP contribution in [0.15, 0.2) is 0 Å². The molecule has 0 amide bonds. The van der Waals surface area contributed by atoms with Crippen molar-refractivity contribution >= 4 is 5.97 Å². The smallest absolute Gasteiger partial charge is 0.302 e. The van der Waals surface area contributed by atoms with Crippen molar-refractivity contribution in [1.82, 2.24) is 0 Å². The number of hydrogen-bond donors (Lipinski definition) is 0. The van der Waals surface area contributed by atoms with Crippen LogP contribution in [-0.2, 0) is 19.0 Å². The highest BCUT2D eigenvalue weighted by Crippen LogP contribution is 1.81. The van der Waals surface area contributed by atoms with E-state index in [1.54, 1.807) is 0 Å². The normalized spacial score (nSPS) is 10.0. The number of hydrogen-bond acceptors (Lipinski definition) is 4. The molecule has 0 radical (unpaired) electrons. The number of carbonyl (C=O) groups is 1. The average molecular weight is 194 g/mol. The third-order valence-corrected chi connectivity index (χ3v) is 1.13. The summed E-state index contributed by atoms with van der Waals surface area (Å²) >= 11 is 0. The summed E-state index contributed by atoms with van der Waals surface area (Å²) in [5, 5.41) is 0. The maximum absolute atomic E-state index is 11.5. The first-order valence-electron chi connectivity index (χ1n) is 4.12. The molecular formula is C8H15FO4. The summed E-state index contributed by atoms with van der Waals surface area (Å²) in [6.45, 7) is 2.31. The number of carbonyl (C=O) groups excluding carboxylic acids is 1.